The summed E-state index contributed by atoms with van der Waals surface area (Å²) in [5, 5.41) is 0.641. The second kappa shape index (κ2) is 5.29. The molecule has 2 rings (SSSR count). The molecule has 0 aliphatic carbocycles. The zero-order valence-electron chi connectivity index (χ0n) is 7.82. The first-order chi connectivity index (χ1) is 7.65. The van der Waals surface area contributed by atoms with Gasteiger partial charge in [0.05, 0.1) is 4.47 Å². The lowest BCUT2D eigenvalue weighted by molar-refractivity contribution is 0.439. The van der Waals surface area contributed by atoms with Crippen LogP contribution < -0.4 is 4.74 Å². The Bertz CT molecular complexity index is 507. The van der Waals surface area contributed by atoms with Gasteiger partial charge in [-0.05, 0) is 56.7 Å². The van der Waals surface area contributed by atoms with Crippen LogP contribution in [0.3, 0.4) is 0 Å². The highest BCUT2D eigenvalue weighted by atomic mass is 127. The largest absolute Gasteiger partial charge is 0.423 e. The molecular formula is C10H5BrClIN2O. The molecule has 0 amide bonds. The van der Waals surface area contributed by atoms with Gasteiger partial charge >= 0.3 is 6.01 Å². The van der Waals surface area contributed by atoms with E-state index in [-0.39, 0.29) is 0 Å². The summed E-state index contributed by atoms with van der Waals surface area (Å²) in [4.78, 5) is 8.08. The number of aromatic nitrogens is 2. The van der Waals surface area contributed by atoms with Crippen molar-refractivity contribution in [2.24, 2.45) is 0 Å². The van der Waals surface area contributed by atoms with Crippen LogP contribution in [0.2, 0.25) is 5.02 Å². The lowest BCUT2D eigenvalue weighted by Gasteiger charge is -2.05. The van der Waals surface area contributed by atoms with E-state index < -0.39 is 0 Å². The fraction of sp³-hybridized carbons (Fsp3) is 0. The molecule has 0 fully saturated rings. The Morgan fingerprint density at radius 2 is 1.94 bits per heavy atom. The van der Waals surface area contributed by atoms with E-state index in [9.17, 15) is 0 Å². The third kappa shape index (κ3) is 3.05. The summed E-state index contributed by atoms with van der Waals surface area (Å²) < 4.78 is 7.21. The maximum absolute atomic E-state index is 5.82. The number of hydrogen-bond donors (Lipinski definition) is 0. The molecule has 3 nitrogen and oxygen atoms in total. The Balaban J connectivity index is 2.23. The normalized spacial score (nSPS) is 10.2. The molecule has 1 aromatic heterocycles. The van der Waals surface area contributed by atoms with Gasteiger partial charge in [0.25, 0.3) is 0 Å². The van der Waals surface area contributed by atoms with E-state index in [1.54, 1.807) is 30.6 Å². The number of halogens is 3. The van der Waals surface area contributed by atoms with Gasteiger partial charge in [-0.3, -0.25) is 0 Å². The predicted octanol–water partition coefficient (Wildman–Crippen LogP) is 4.29. The van der Waals surface area contributed by atoms with Crippen LogP contribution in [-0.2, 0) is 0 Å². The van der Waals surface area contributed by atoms with Crippen LogP contribution in [0.25, 0.3) is 0 Å². The first kappa shape index (κ1) is 12.1. The third-order valence-electron chi connectivity index (χ3n) is 1.69. The Kier molecular flexibility index (Phi) is 3.99. The number of hydrogen-bond acceptors (Lipinski definition) is 3. The van der Waals surface area contributed by atoms with Gasteiger partial charge < -0.3 is 4.74 Å². The van der Waals surface area contributed by atoms with Gasteiger partial charge in [0, 0.05) is 21.0 Å². The molecule has 2 aromatic rings. The highest BCUT2D eigenvalue weighted by Gasteiger charge is 2.05. The molecule has 0 aliphatic rings. The van der Waals surface area contributed by atoms with E-state index in [0.29, 0.717) is 16.8 Å². The standard InChI is InChI=1S/C10H5BrClIN2O/c11-8-3-6(12)1-2-9(8)16-10-14-4-7(13)5-15-10/h1-5H. The number of nitrogens with zero attached hydrogens (tertiary/aromatic N) is 2. The second-order valence-electron chi connectivity index (χ2n) is 2.86. The fourth-order valence-electron chi connectivity index (χ4n) is 1.01. The monoisotopic (exact) mass is 410 g/mol. The third-order valence-corrected chi connectivity index (χ3v) is 3.10. The molecule has 0 aliphatic heterocycles. The van der Waals surface area contributed by atoms with Gasteiger partial charge in [-0.2, -0.15) is 0 Å². The minimum Gasteiger partial charge on any atom is -0.423 e. The van der Waals surface area contributed by atoms with Gasteiger partial charge in [-0.25, -0.2) is 9.97 Å². The molecule has 16 heavy (non-hydrogen) atoms. The summed E-state index contributed by atoms with van der Waals surface area (Å²) in [6.07, 6.45) is 3.37. The van der Waals surface area contributed by atoms with Gasteiger partial charge in [0.2, 0.25) is 0 Å². The number of benzene rings is 1. The molecule has 1 heterocycles. The van der Waals surface area contributed by atoms with E-state index in [1.807, 2.05) is 0 Å². The SMILES string of the molecule is Clc1ccc(Oc2ncc(I)cn2)c(Br)c1. The van der Waals surface area contributed by atoms with Crippen molar-refractivity contribution in [2.45, 2.75) is 0 Å². The lowest BCUT2D eigenvalue weighted by atomic mass is 10.3. The van der Waals surface area contributed by atoms with Gasteiger partial charge in [0.1, 0.15) is 5.75 Å². The highest BCUT2D eigenvalue weighted by Crippen LogP contribution is 2.30. The average Bonchev–Trinajstić information content (AvgIpc) is 2.25. The zero-order valence-corrected chi connectivity index (χ0v) is 12.3. The maximum atomic E-state index is 5.82. The van der Waals surface area contributed by atoms with Gasteiger partial charge in [0.15, 0.2) is 0 Å². The number of rotatable bonds is 2. The van der Waals surface area contributed by atoms with Crippen LogP contribution >= 0.6 is 50.1 Å². The van der Waals surface area contributed by atoms with Crippen molar-refractivity contribution < 1.29 is 4.74 Å². The Hall–Kier alpha value is -0.400. The molecule has 0 saturated carbocycles. The van der Waals surface area contributed by atoms with E-state index in [4.69, 9.17) is 16.3 Å². The first-order valence-corrected chi connectivity index (χ1v) is 6.50. The van der Waals surface area contributed by atoms with Crippen molar-refractivity contribution in [3.63, 3.8) is 0 Å². The Morgan fingerprint density at radius 3 is 2.56 bits per heavy atom. The van der Waals surface area contributed by atoms with E-state index in [0.717, 1.165) is 8.04 Å². The zero-order chi connectivity index (χ0) is 11.5. The Labute approximate surface area is 119 Å². The molecule has 0 saturated heterocycles. The van der Waals surface area contributed by atoms with Gasteiger partial charge in [-0.15, -0.1) is 0 Å². The van der Waals surface area contributed by atoms with Crippen molar-refractivity contribution in [1.82, 2.24) is 9.97 Å². The molecule has 0 spiro atoms. The predicted molar refractivity (Wildman–Crippen MR) is 74.0 cm³/mol. The molecule has 1 aromatic carbocycles. The summed E-state index contributed by atoms with van der Waals surface area (Å²) in [6, 6.07) is 5.56. The first-order valence-electron chi connectivity index (χ1n) is 4.25. The summed E-state index contributed by atoms with van der Waals surface area (Å²) in [5.74, 6) is 0.630. The average molecular weight is 411 g/mol. The molecule has 0 radical (unpaired) electrons. The molecular weight excluding hydrogens is 406 g/mol. The minimum absolute atomic E-state index is 0.309. The summed E-state index contributed by atoms with van der Waals surface area (Å²) >= 11 is 11.3. The van der Waals surface area contributed by atoms with Crippen LogP contribution in [0, 0.1) is 3.57 Å². The number of ether oxygens (including phenoxy) is 1. The van der Waals surface area contributed by atoms with E-state index >= 15 is 0 Å². The molecule has 0 unspecified atom stereocenters. The van der Waals surface area contributed by atoms with E-state index in [2.05, 4.69) is 48.5 Å². The van der Waals surface area contributed by atoms with Crippen LogP contribution in [0.5, 0.6) is 11.8 Å². The minimum atomic E-state index is 0.309. The maximum Gasteiger partial charge on any atom is 0.321 e. The van der Waals surface area contributed by atoms with Crippen molar-refractivity contribution in [2.75, 3.05) is 0 Å². The van der Waals surface area contributed by atoms with Crippen molar-refractivity contribution in [3.8, 4) is 11.8 Å². The topological polar surface area (TPSA) is 35.0 Å². The lowest BCUT2D eigenvalue weighted by Crippen LogP contribution is -1.92. The van der Waals surface area contributed by atoms with Crippen molar-refractivity contribution in [1.29, 1.82) is 0 Å². The van der Waals surface area contributed by atoms with Crippen LogP contribution in [-0.4, -0.2) is 9.97 Å². The van der Waals surface area contributed by atoms with Crippen LogP contribution in [0.4, 0.5) is 0 Å². The molecule has 82 valence electrons. The highest BCUT2D eigenvalue weighted by molar-refractivity contribution is 14.1. The van der Waals surface area contributed by atoms with Crippen LogP contribution in [0.15, 0.2) is 35.1 Å². The quantitative estimate of drug-likeness (QED) is 0.692. The molecule has 0 bridgehead atoms. The summed E-state index contributed by atoms with van der Waals surface area (Å²) in [6.45, 7) is 0. The second-order valence-corrected chi connectivity index (χ2v) is 5.40. The molecule has 0 N–H and O–H groups in total. The fourth-order valence-corrected chi connectivity index (χ4v) is 2.05. The molecule has 0 atom stereocenters. The summed E-state index contributed by atoms with van der Waals surface area (Å²) in [7, 11) is 0. The van der Waals surface area contributed by atoms with E-state index in [1.165, 1.54) is 0 Å². The van der Waals surface area contributed by atoms with Crippen molar-refractivity contribution >= 4 is 50.1 Å². The van der Waals surface area contributed by atoms with Gasteiger partial charge in [-0.1, -0.05) is 11.6 Å². The smallest absolute Gasteiger partial charge is 0.321 e. The summed E-state index contributed by atoms with van der Waals surface area (Å²) in [5.41, 5.74) is 0. The Morgan fingerprint density at radius 1 is 1.25 bits per heavy atom. The van der Waals surface area contributed by atoms with Crippen molar-refractivity contribution in [3.05, 3.63) is 43.7 Å². The molecule has 6 heteroatoms. The van der Waals surface area contributed by atoms with Crippen LogP contribution in [0.1, 0.15) is 0 Å².